The quantitative estimate of drug-likeness (QED) is 0.0597. The van der Waals surface area contributed by atoms with Crippen LogP contribution in [0.3, 0.4) is 0 Å². The van der Waals surface area contributed by atoms with Crippen LogP contribution < -0.4 is 0 Å². The number of hydrogen-bond donors (Lipinski definition) is 8. The number of phenolic OH excluding ortho intramolecular Hbond substituents is 8. The molecule has 0 saturated carbocycles. The van der Waals surface area contributed by atoms with Crippen molar-refractivity contribution in [1.82, 2.24) is 0 Å². The zero-order valence-corrected chi connectivity index (χ0v) is 29.6. The lowest BCUT2D eigenvalue weighted by Crippen LogP contribution is -2.01. The molecule has 0 aromatic heterocycles. The highest BCUT2D eigenvalue weighted by Gasteiger charge is 2.29. The SMILES string of the molecule is Cc1cc2c(C(C)C)c(O)c(O)c(C=Nc3ccc(O)cc3)c2c(O)c1-c1c(C)cc2c(C(C)C)c(O)c(O)c(C=Nc3ccc(O)cc3)c2c1O. The lowest BCUT2D eigenvalue weighted by Gasteiger charge is -2.23. The summed E-state index contributed by atoms with van der Waals surface area (Å²) in [5, 5.41) is 90.5. The van der Waals surface area contributed by atoms with Crippen LogP contribution in [0.15, 0.2) is 70.6 Å². The number of aryl methyl sites for hydroxylation is 2. The van der Waals surface area contributed by atoms with Crippen molar-refractivity contribution in [1.29, 1.82) is 0 Å². The fourth-order valence-electron chi connectivity index (χ4n) is 6.98. The van der Waals surface area contributed by atoms with Gasteiger partial charge in [0.25, 0.3) is 0 Å². The molecule has 6 rings (SSSR count). The van der Waals surface area contributed by atoms with E-state index in [9.17, 15) is 40.9 Å². The molecule has 0 amide bonds. The summed E-state index contributed by atoms with van der Waals surface area (Å²) in [6, 6.07) is 15.7. The molecule has 52 heavy (non-hydrogen) atoms. The second kappa shape index (κ2) is 13.4. The van der Waals surface area contributed by atoms with Crippen molar-refractivity contribution in [3.63, 3.8) is 0 Å². The van der Waals surface area contributed by atoms with Crippen LogP contribution in [0.1, 0.15) is 72.9 Å². The molecular formula is C42H40N2O8. The van der Waals surface area contributed by atoms with Crippen molar-refractivity contribution in [2.45, 2.75) is 53.4 Å². The first-order valence-electron chi connectivity index (χ1n) is 16.8. The van der Waals surface area contributed by atoms with Crippen LogP contribution in [0, 0.1) is 13.8 Å². The first-order valence-corrected chi connectivity index (χ1v) is 16.8. The standard InChI is InChI=1S/C42H40N2O8/c1-19(2)31-27-15-21(5)33(39(49)35(27)29(37(47)41(31)51)17-43-23-7-11-25(45)12-8-23)34-22(6)16-28-32(20(3)4)42(52)38(48)30(36(28)40(34)50)18-44-24-9-13-26(46)14-10-24/h7-20,45-52H,1-6H3. The molecule has 0 unspecified atom stereocenters. The average molecular weight is 701 g/mol. The molecule has 6 aromatic rings. The lowest BCUT2D eigenvalue weighted by molar-refractivity contribution is 0.398. The van der Waals surface area contributed by atoms with E-state index in [0.717, 1.165) is 0 Å². The molecule has 0 spiro atoms. The second-order valence-electron chi connectivity index (χ2n) is 13.6. The smallest absolute Gasteiger partial charge is 0.167 e. The third-order valence-corrected chi connectivity index (χ3v) is 9.37. The maximum absolute atomic E-state index is 12.3. The van der Waals surface area contributed by atoms with Crippen molar-refractivity contribution in [2.24, 2.45) is 9.98 Å². The van der Waals surface area contributed by atoms with Gasteiger partial charge in [0.05, 0.1) is 22.5 Å². The maximum atomic E-state index is 12.3. The molecule has 10 heteroatoms. The molecule has 6 aromatic carbocycles. The van der Waals surface area contributed by atoms with Gasteiger partial charge in [-0.1, -0.05) is 39.8 Å². The van der Waals surface area contributed by atoms with E-state index >= 15 is 0 Å². The summed E-state index contributed by atoms with van der Waals surface area (Å²) in [5.74, 6) is -2.68. The molecule has 8 N–H and O–H groups in total. The Hall–Kier alpha value is -6.42. The number of benzene rings is 6. The summed E-state index contributed by atoms with van der Waals surface area (Å²) in [5.41, 5.74) is 3.34. The number of aromatic hydroxyl groups is 8. The Labute approximate surface area is 300 Å². The fourth-order valence-corrected chi connectivity index (χ4v) is 6.98. The van der Waals surface area contributed by atoms with E-state index in [1.165, 1.54) is 36.7 Å². The zero-order valence-electron chi connectivity index (χ0n) is 29.6. The van der Waals surface area contributed by atoms with Crippen molar-refractivity contribution in [2.75, 3.05) is 0 Å². The topological polar surface area (TPSA) is 187 Å². The summed E-state index contributed by atoms with van der Waals surface area (Å²) >= 11 is 0. The molecular weight excluding hydrogens is 660 g/mol. The van der Waals surface area contributed by atoms with Crippen LogP contribution in [-0.2, 0) is 0 Å². The molecule has 0 atom stereocenters. The summed E-state index contributed by atoms with van der Waals surface area (Å²) < 4.78 is 0. The van der Waals surface area contributed by atoms with Gasteiger partial charge < -0.3 is 40.9 Å². The van der Waals surface area contributed by atoms with Gasteiger partial charge >= 0.3 is 0 Å². The second-order valence-corrected chi connectivity index (χ2v) is 13.6. The Morgan fingerprint density at radius 3 is 1.10 bits per heavy atom. The predicted molar refractivity (Wildman–Crippen MR) is 205 cm³/mol. The van der Waals surface area contributed by atoms with Crippen molar-refractivity contribution < 1.29 is 40.9 Å². The normalized spacial score (nSPS) is 12.1. The van der Waals surface area contributed by atoms with E-state index in [0.29, 0.717) is 44.4 Å². The number of phenols is 8. The van der Waals surface area contributed by atoms with Gasteiger partial charge in [0.1, 0.15) is 23.0 Å². The highest BCUT2D eigenvalue weighted by atomic mass is 16.3. The molecule has 10 nitrogen and oxygen atoms in total. The van der Waals surface area contributed by atoms with E-state index in [2.05, 4.69) is 9.98 Å². The number of fused-ring (bicyclic) bond motifs is 2. The Morgan fingerprint density at radius 2 is 0.788 bits per heavy atom. The van der Waals surface area contributed by atoms with E-state index in [-0.39, 0.29) is 79.4 Å². The number of aliphatic imine (C=N–C) groups is 2. The number of hydrogen-bond acceptors (Lipinski definition) is 10. The van der Waals surface area contributed by atoms with Crippen LogP contribution in [0.25, 0.3) is 32.7 Å². The Balaban J connectivity index is 1.71. The number of rotatable bonds is 7. The molecule has 0 fully saturated rings. The van der Waals surface area contributed by atoms with E-state index in [1.54, 1.807) is 50.2 Å². The predicted octanol–water partition coefficient (Wildman–Crippen LogP) is 9.67. The van der Waals surface area contributed by atoms with Crippen LogP contribution in [0.4, 0.5) is 11.4 Å². The summed E-state index contributed by atoms with van der Waals surface area (Å²) in [6.45, 7) is 10.9. The number of nitrogens with zero attached hydrogens (tertiary/aromatic N) is 2. The zero-order chi connectivity index (χ0) is 37.8. The van der Waals surface area contributed by atoms with Gasteiger partial charge in [-0.2, -0.15) is 0 Å². The maximum Gasteiger partial charge on any atom is 0.167 e. The fraction of sp³-hybridized carbons (Fsp3) is 0.190. The van der Waals surface area contributed by atoms with Gasteiger partial charge in [-0.3, -0.25) is 9.98 Å². The minimum atomic E-state index is -0.488. The van der Waals surface area contributed by atoms with E-state index < -0.39 is 11.5 Å². The Bertz CT molecular complexity index is 2270. The van der Waals surface area contributed by atoms with Gasteiger partial charge in [-0.25, -0.2) is 0 Å². The molecule has 0 aliphatic rings. The minimum absolute atomic E-state index is 0.0352. The van der Waals surface area contributed by atoms with Crippen LogP contribution in [-0.4, -0.2) is 53.3 Å². The molecule has 0 saturated heterocycles. The van der Waals surface area contributed by atoms with Crippen molar-refractivity contribution in [3.8, 4) is 57.1 Å². The Morgan fingerprint density at radius 1 is 0.462 bits per heavy atom. The van der Waals surface area contributed by atoms with Gasteiger partial charge in [-0.05, 0) is 96.1 Å². The third kappa shape index (κ3) is 5.91. The highest BCUT2D eigenvalue weighted by molar-refractivity contribution is 6.15. The summed E-state index contributed by atoms with van der Waals surface area (Å²) in [4.78, 5) is 8.89. The molecule has 266 valence electrons. The van der Waals surface area contributed by atoms with Crippen LogP contribution >= 0.6 is 0 Å². The highest BCUT2D eigenvalue weighted by Crippen LogP contribution is 2.54. The van der Waals surface area contributed by atoms with Gasteiger partial charge in [0.15, 0.2) is 23.0 Å². The lowest BCUT2D eigenvalue weighted by atomic mass is 9.83. The molecule has 0 heterocycles. The third-order valence-electron chi connectivity index (χ3n) is 9.37. The largest absolute Gasteiger partial charge is 0.508 e. The first-order chi connectivity index (χ1) is 24.6. The molecule has 0 bridgehead atoms. The van der Waals surface area contributed by atoms with Crippen LogP contribution in [0.2, 0.25) is 0 Å². The average Bonchev–Trinajstić information content (AvgIpc) is 3.08. The van der Waals surface area contributed by atoms with Gasteiger partial charge in [0.2, 0.25) is 0 Å². The van der Waals surface area contributed by atoms with E-state index in [1.807, 2.05) is 27.7 Å². The summed E-state index contributed by atoms with van der Waals surface area (Å²) in [6.07, 6.45) is 2.65. The Kier molecular flexibility index (Phi) is 9.10. The monoisotopic (exact) mass is 700 g/mol. The van der Waals surface area contributed by atoms with Gasteiger partial charge in [0, 0.05) is 45.5 Å². The van der Waals surface area contributed by atoms with Gasteiger partial charge in [-0.15, -0.1) is 0 Å². The molecule has 0 aliphatic heterocycles. The molecule has 0 radical (unpaired) electrons. The van der Waals surface area contributed by atoms with Crippen molar-refractivity contribution >= 4 is 45.3 Å². The molecule has 0 aliphatic carbocycles. The minimum Gasteiger partial charge on any atom is -0.508 e. The summed E-state index contributed by atoms with van der Waals surface area (Å²) in [7, 11) is 0. The first kappa shape index (κ1) is 35.4. The van der Waals surface area contributed by atoms with Crippen LogP contribution in [0.5, 0.6) is 46.0 Å². The van der Waals surface area contributed by atoms with Crippen molar-refractivity contribution in [3.05, 3.63) is 94.0 Å². The van der Waals surface area contributed by atoms with E-state index in [4.69, 9.17) is 0 Å².